The van der Waals surface area contributed by atoms with Crippen molar-refractivity contribution in [1.29, 1.82) is 0 Å². The number of nitro groups is 1. The van der Waals surface area contributed by atoms with Gasteiger partial charge in [-0.2, -0.15) is 9.82 Å². The Hall–Kier alpha value is -3.11. The molecule has 2 aromatic carbocycles. The standard InChI is InChI=1S/C17H17N5O4S/c1-11-7-6-10-14(22(23)24)16(11)27(25,26)21-15(13-8-4-3-5-9-13)17-18-12(2)19-20-17/h3-10,15,21H,1-2H3,(H,18,19,20)/t15-/m0/s1. The summed E-state index contributed by atoms with van der Waals surface area (Å²) in [6.45, 7) is 3.20. The summed E-state index contributed by atoms with van der Waals surface area (Å²) in [5.74, 6) is 0.741. The summed E-state index contributed by atoms with van der Waals surface area (Å²) in [4.78, 5) is 14.5. The van der Waals surface area contributed by atoms with Gasteiger partial charge in [-0.05, 0) is 25.0 Å². The van der Waals surface area contributed by atoms with Crippen molar-refractivity contribution in [3.8, 4) is 0 Å². The third-order valence-electron chi connectivity index (χ3n) is 3.94. The van der Waals surface area contributed by atoms with E-state index >= 15 is 0 Å². The van der Waals surface area contributed by atoms with E-state index < -0.39 is 26.7 Å². The van der Waals surface area contributed by atoms with Crippen molar-refractivity contribution in [2.24, 2.45) is 0 Å². The van der Waals surface area contributed by atoms with Crippen LogP contribution in [-0.4, -0.2) is 28.5 Å². The summed E-state index contributed by atoms with van der Waals surface area (Å²) in [6.07, 6.45) is 0. The number of H-pyrrole nitrogens is 1. The summed E-state index contributed by atoms with van der Waals surface area (Å²) < 4.78 is 28.6. The Morgan fingerprint density at radius 1 is 1.11 bits per heavy atom. The predicted octanol–water partition coefficient (Wildman–Crippen LogP) is 2.40. The van der Waals surface area contributed by atoms with Gasteiger partial charge in [0, 0.05) is 6.07 Å². The smallest absolute Gasteiger partial charge is 0.263 e. The molecule has 1 atom stereocenters. The number of hydrogen-bond donors (Lipinski definition) is 2. The van der Waals surface area contributed by atoms with E-state index in [4.69, 9.17) is 0 Å². The number of nitro benzene ring substituents is 1. The number of hydrogen-bond acceptors (Lipinski definition) is 6. The first-order valence-electron chi connectivity index (χ1n) is 8.00. The van der Waals surface area contributed by atoms with Crippen molar-refractivity contribution >= 4 is 15.7 Å². The SMILES string of the molecule is Cc1nc([C@@H](NS(=O)(=O)c2c(C)cccc2[N+](=O)[O-])c2ccccc2)n[nH]1. The van der Waals surface area contributed by atoms with Crippen LogP contribution in [0.4, 0.5) is 5.69 Å². The fraction of sp³-hybridized carbons (Fsp3) is 0.176. The summed E-state index contributed by atoms with van der Waals surface area (Å²) in [6, 6.07) is 12.0. The number of nitrogens with one attached hydrogen (secondary N) is 2. The van der Waals surface area contributed by atoms with Crippen molar-refractivity contribution in [2.45, 2.75) is 24.8 Å². The maximum atomic E-state index is 13.1. The molecule has 0 spiro atoms. The summed E-state index contributed by atoms with van der Waals surface area (Å²) in [5.41, 5.74) is 0.395. The maximum Gasteiger partial charge on any atom is 0.289 e. The van der Waals surface area contributed by atoms with E-state index in [0.717, 1.165) is 6.07 Å². The van der Waals surface area contributed by atoms with Gasteiger partial charge in [0.1, 0.15) is 11.9 Å². The Morgan fingerprint density at radius 2 is 1.81 bits per heavy atom. The van der Waals surface area contributed by atoms with Gasteiger partial charge in [0.25, 0.3) is 5.69 Å². The molecule has 0 saturated carbocycles. The van der Waals surface area contributed by atoms with Gasteiger partial charge in [-0.25, -0.2) is 13.4 Å². The molecule has 0 aliphatic carbocycles. The van der Waals surface area contributed by atoms with Crippen LogP contribution in [0.5, 0.6) is 0 Å². The molecule has 0 radical (unpaired) electrons. The molecule has 1 heterocycles. The minimum Gasteiger partial charge on any atom is -0.263 e. The molecule has 0 amide bonds. The number of aromatic amines is 1. The minimum atomic E-state index is -4.24. The zero-order valence-corrected chi connectivity index (χ0v) is 15.4. The lowest BCUT2D eigenvalue weighted by atomic mass is 10.1. The van der Waals surface area contributed by atoms with Gasteiger partial charge < -0.3 is 0 Å². The summed E-state index contributed by atoms with van der Waals surface area (Å²) in [5, 5.41) is 18.1. The zero-order chi connectivity index (χ0) is 19.6. The number of benzene rings is 2. The molecule has 140 valence electrons. The molecule has 9 nitrogen and oxygen atoms in total. The van der Waals surface area contributed by atoms with Crippen LogP contribution in [0, 0.1) is 24.0 Å². The van der Waals surface area contributed by atoms with Gasteiger partial charge in [0.2, 0.25) is 10.0 Å². The predicted molar refractivity (Wildman–Crippen MR) is 97.6 cm³/mol. The second-order valence-corrected chi connectivity index (χ2v) is 7.58. The molecule has 3 rings (SSSR count). The molecule has 0 aliphatic heterocycles. The molecule has 0 bridgehead atoms. The monoisotopic (exact) mass is 387 g/mol. The van der Waals surface area contributed by atoms with Crippen LogP contribution < -0.4 is 4.72 Å². The van der Waals surface area contributed by atoms with Gasteiger partial charge in [0.15, 0.2) is 10.7 Å². The molecule has 1 aromatic heterocycles. The third-order valence-corrected chi connectivity index (χ3v) is 5.55. The molecule has 0 unspecified atom stereocenters. The molecule has 27 heavy (non-hydrogen) atoms. The Balaban J connectivity index is 2.10. The number of nitrogens with zero attached hydrogens (tertiary/aromatic N) is 3. The summed E-state index contributed by atoms with van der Waals surface area (Å²) in [7, 11) is -4.24. The maximum absolute atomic E-state index is 13.1. The fourth-order valence-corrected chi connectivity index (χ4v) is 4.33. The quantitative estimate of drug-likeness (QED) is 0.493. The molecule has 2 N–H and O–H groups in total. The van der Waals surface area contributed by atoms with Gasteiger partial charge in [0.05, 0.1) is 4.92 Å². The Kier molecular flexibility index (Phi) is 5.02. The first-order chi connectivity index (χ1) is 12.8. The minimum absolute atomic E-state index is 0.221. The highest BCUT2D eigenvalue weighted by atomic mass is 32.2. The van der Waals surface area contributed by atoms with Crippen molar-refractivity contribution in [2.75, 3.05) is 0 Å². The summed E-state index contributed by atoms with van der Waals surface area (Å²) >= 11 is 0. The van der Waals surface area contributed by atoms with E-state index in [1.54, 1.807) is 37.3 Å². The second-order valence-electron chi connectivity index (χ2n) is 5.92. The normalized spacial score (nSPS) is 12.7. The van der Waals surface area contributed by atoms with E-state index in [1.807, 2.05) is 0 Å². The van der Waals surface area contributed by atoms with Gasteiger partial charge in [-0.1, -0.05) is 42.5 Å². The van der Waals surface area contributed by atoms with E-state index in [-0.39, 0.29) is 16.3 Å². The highest BCUT2D eigenvalue weighted by Crippen LogP contribution is 2.29. The van der Waals surface area contributed by atoms with E-state index in [2.05, 4.69) is 19.9 Å². The average molecular weight is 387 g/mol. The molecule has 0 saturated heterocycles. The fourth-order valence-electron chi connectivity index (χ4n) is 2.75. The number of aromatic nitrogens is 3. The van der Waals surface area contributed by atoms with Crippen molar-refractivity contribution < 1.29 is 13.3 Å². The second kappa shape index (κ2) is 7.25. The van der Waals surface area contributed by atoms with Crippen LogP contribution in [-0.2, 0) is 10.0 Å². The van der Waals surface area contributed by atoms with Crippen LogP contribution in [0.2, 0.25) is 0 Å². The van der Waals surface area contributed by atoms with Gasteiger partial charge >= 0.3 is 0 Å². The van der Waals surface area contributed by atoms with Crippen molar-refractivity contribution in [1.82, 2.24) is 19.9 Å². The molecule has 10 heteroatoms. The molecule has 3 aromatic rings. The lowest BCUT2D eigenvalue weighted by Gasteiger charge is -2.17. The highest BCUT2D eigenvalue weighted by Gasteiger charge is 2.32. The van der Waals surface area contributed by atoms with E-state index in [9.17, 15) is 18.5 Å². The third kappa shape index (κ3) is 3.86. The van der Waals surface area contributed by atoms with Crippen molar-refractivity contribution in [3.63, 3.8) is 0 Å². The number of aryl methyl sites for hydroxylation is 2. The largest absolute Gasteiger partial charge is 0.289 e. The van der Waals surface area contributed by atoms with Crippen LogP contribution in [0.25, 0.3) is 0 Å². The number of sulfonamides is 1. The van der Waals surface area contributed by atoms with Gasteiger partial charge in [-0.3, -0.25) is 15.2 Å². The first-order valence-corrected chi connectivity index (χ1v) is 9.48. The zero-order valence-electron chi connectivity index (χ0n) is 14.6. The molecule has 0 fully saturated rings. The Morgan fingerprint density at radius 3 is 2.41 bits per heavy atom. The van der Waals surface area contributed by atoms with E-state index in [0.29, 0.717) is 11.4 Å². The first kappa shape index (κ1) is 18.7. The van der Waals surface area contributed by atoms with Crippen LogP contribution >= 0.6 is 0 Å². The van der Waals surface area contributed by atoms with Crippen LogP contribution in [0.3, 0.4) is 0 Å². The van der Waals surface area contributed by atoms with Gasteiger partial charge in [-0.15, -0.1) is 0 Å². The van der Waals surface area contributed by atoms with Crippen LogP contribution in [0.1, 0.15) is 28.8 Å². The Labute approximate surface area is 155 Å². The van der Waals surface area contributed by atoms with Crippen molar-refractivity contribution in [3.05, 3.63) is 81.4 Å². The lowest BCUT2D eigenvalue weighted by molar-refractivity contribution is -0.387. The highest BCUT2D eigenvalue weighted by molar-refractivity contribution is 7.89. The van der Waals surface area contributed by atoms with Crippen LogP contribution in [0.15, 0.2) is 53.4 Å². The average Bonchev–Trinajstić information content (AvgIpc) is 3.06. The topological polar surface area (TPSA) is 131 Å². The molecular weight excluding hydrogens is 370 g/mol. The molecule has 0 aliphatic rings. The Bertz CT molecular complexity index is 1080. The lowest BCUT2D eigenvalue weighted by Crippen LogP contribution is -2.31. The number of rotatable bonds is 6. The molecular formula is C17H17N5O4S. The van der Waals surface area contributed by atoms with E-state index in [1.165, 1.54) is 19.1 Å².